The van der Waals surface area contributed by atoms with Crippen molar-refractivity contribution in [2.45, 2.75) is 20.1 Å². The van der Waals surface area contributed by atoms with Crippen molar-refractivity contribution in [1.29, 1.82) is 0 Å². The Labute approximate surface area is 112 Å². The standard InChI is InChI=1S/C15H17FN2O/c1-2-17-10-13-9-14(16)3-4-15(13)19-11-12-5-7-18-8-6-12/h3-9,17H,2,10-11H2,1H3. The number of benzene rings is 1. The van der Waals surface area contributed by atoms with E-state index in [9.17, 15) is 4.39 Å². The third kappa shape index (κ3) is 4.03. The van der Waals surface area contributed by atoms with Gasteiger partial charge in [-0.25, -0.2) is 4.39 Å². The third-order valence-corrected chi connectivity index (χ3v) is 2.73. The second kappa shape index (κ2) is 6.85. The molecule has 1 aromatic carbocycles. The number of hydrogen-bond donors (Lipinski definition) is 1. The first-order valence-electron chi connectivity index (χ1n) is 6.30. The average Bonchev–Trinajstić information content (AvgIpc) is 2.45. The number of nitrogens with zero attached hydrogens (tertiary/aromatic N) is 1. The summed E-state index contributed by atoms with van der Waals surface area (Å²) in [5.74, 6) is 0.461. The molecule has 1 N–H and O–H groups in total. The van der Waals surface area contributed by atoms with Gasteiger partial charge in [0, 0.05) is 24.5 Å². The van der Waals surface area contributed by atoms with Crippen LogP contribution in [-0.4, -0.2) is 11.5 Å². The van der Waals surface area contributed by atoms with E-state index in [4.69, 9.17) is 4.74 Å². The van der Waals surface area contributed by atoms with Gasteiger partial charge in [0.2, 0.25) is 0 Å². The van der Waals surface area contributed by atoms with Crippen LogP contribution in [-0.2, 0) is 13.2 Å². The summed E-state index contributed by atoms with van der Waals surface area (Å²) in [5, 5.41) is 3.17. The van der Waals surface area contributed by atoms with E-state index in [0.29, 0.717) is 18.9 Å². The number of rotatable bonds is 6. The van der Waals surface area contributed by atoms with Gasteiger partial charge < -0.3 is 10.1 Å². The van der Waals surface area contributed by atoms with E-state index in [-0.39, 0.29) is 5.82 Å². The highest BCUT2D eigenvalue weighted by Gasteiger charge is 2.05. The molecule has 0 radical (unpaired) electrons. The Morgan fingerprint density at radius 3 is 2.74 bits per heavy atom. The molecule has 0 amide bonds. The number of ether oxygens (including phenoxy) is 1. The average molecular weight is 260 g/mol. The number of hydrogen-bond acceptors (Lipinski definition) is 3. The maximum absolute atomic E-state index is 13.2. The number of nitrogens with one attached hydrogen (secondary N) is 1. The molecule has 0 saturated heterocycles. The lowest BCUT2D eigenvalue weighted by molar-refractivity contribution is 0.301. The van der Waals surface area contributed by atoms with Crippen LogP contribution >= 0.6 is 0 Å². The summed E-state index contributed by atoms with van der Waals surface area (Å²) in [6, 6.07) is 8.38. The molecule has 4 heteroatoms. The van der Waals surface area contributed by atoms with Crippen molar-refractivity contribution in [3.8, 4) is 5.75 Å². The summed E-state index contributed by atoms with van der Waals surface area (Å²) >= 11 is 0. The fourth-order valence-corrected chi connectivity index (χ4v) is 1.73. The molecule has 0 unspecified atom stereocenters. The quantitative estimate of drug-likeness (QED) is 0.867. The highest BCUT2D eigenvalue weighted by Crippen LogP contribution is 2.20. The van der Waals surface area contributed by atoms with E-state index in [2.05, 4.69) is 10.3 Å². The molecule has 2 aromatic rings. The minimum atomic E-state index is -0.246. The fourth-order valence-electron chi connectivity index (χ4n) is 1.73. The third-order valence-electron chi connectivity index (χ3n) is 2.73. The van der Waals surface area contributed by atoms with Crippen LogP contribution in [0.1, 0.15) is 18.1 Å². The Kier molecular flexibility index (Phi) is 4.86. The molecule has 3 nitrogen and oxygen atoms in total. The SMILES string of the molecule is CCNCc1cc(F)ccc1OCc1ccncc1. The molecule has 0 aliphatic heterocycles. The topological polar surface area (TPSA) is 34.1 Å². The van der Waals surface area contributed by atoms with Gasteiger partial charge in [0.15, 0.2) is 0 Å². The molecular formula is C15H17FN2O. The Hall–Kier alpha value is -1.94. The highest BCUT2D eigenvalue weighted by molar-refractivity contribution is 5.34. The van der Waals surface area contributed by atoms with Gasteiger partial charge in [-0.15, -0.1) is 0 Å². The smallest absolute Gasteiger partial charge is 0.124 e. The van der Waals surface area contributed by atoms with E-state index >= 15 is 0 Å². The van der Waals surface area contributed by atoms with E-state index < -0.39 is 0 Å². The van der Waals surface area contributed by atoms with Crippen molar-refractivity contribution < 1.29 is 9.13 Å². The lowest BCUT2D eigenvalue weighted by atomic mass is 10.2. The molecule has 1 heterocycles. The molecule has 0 bridgehead atoms. The van der Waals surface area contributed by atoms with Gasteiger partial charge in [-0.3, -0.25) is 4.98 Å². The zero-order valence-electron chi connectivity index (χ0n) is 10.9. The number of halogens is 1. The Morgan fingerprint density at radius 1 is 1.21 bits per heavy atom. The van der Waals surface area contributed by atoms with Crippen LogP contribution in [0.5, 0.6) is 5.75 Å². The summed E-state index contributed by atoms with van der Waals surface area (Å²) in [6.45, 7) is 3.89. The first kappa shape index (κ1) is 13.5. The van der Waals surface area contributed by atoms with Crippen molar-refractivity contribution in [3.05, 3.63) is 59.7 Å². The highest BCUT2D eigenvalue weighted by atomic mass is 19.1. The molecule has 19 heavy (non-hydrogen) atoms. The molecule has 1 aromatic heterocycles. The van der Waals surface area contributed by atoms with Crippen LogP contribution < -0.4 is 10.1 Å². The fraction of sp³-hybridized carbons (Fsp3) is 0.267. The molecule has 2 rings (SSSR count). The summed E-state index contributed by atoms with van der Waals surface area (Å²) in [7, 11) is 0. The Balaban J connectivity index is 2.06. The van der Waals surface area contributed by atoms with Crippen LogP contribution in [0.4, 0.5) is 4.39 Å². The monoisotopic (exact) mass is 260 g/mol. The zero-order chi connectivity index (χ0) is 13.5. The zero-order valence-corrected chi connectivity index (χ0v) is 10.9. The minimum Gasteiger partial charge on any atom is -0.489 e. The van der Waals surface area contributed by atoms with Crippen LogP contribution in [0.15, 0.2) is 42.7 Å². The van der Waals surface area contributed by atoms with Crippen molar-refractivity contribution in [3.63, 3.8) is 0 Å². The molecule has 0 spiro atoms. The van der Waals surface area contributed by atoms with Crippen LogP contribution in [0.3, 0.4) is 0 Å². The van der Waals surface area contributed by atoms with Crippen molar-refractivity contribution in [2.75, 3.05) is 6.54 Å². The van der Waals surface area contributed by atoms with E-state index in [0.717, 1.165) is 17.7 Å². The number of aromatic nitrogens is 1. The molecule has 0 aliphatic carbocycles. The van der Waals surface area contributed by atoms with Gasteiger partial charge in [0.05, 0.1) is 0 Å². The Morgan fingerprint density at radius 2 is 2.00 bits per heavy atom. The van der Waals surface area contributed by atoms with Gasteiger partial charge in [-0.05, 0) is 42.4 Å². The minimum absolute atomic E-state index is 0.246. The van der Waals surface area contributed by atoms with Crippen LogP contribution in [0.25, 0.3) is 0 Å². The van der Waals surface area contributed by atoms with Crippen molar-refractivity contribution in [1.82, 2.24) is 10.3 Å². The molecule has 0 atom stereocenters. The number of pyridine rings is 1. The predicted molar refractivity (Wildman–Crippen MR) is 72.3 cm³/mol. The molecule has 0 aliphatic rings. The van der Waals surface area contributed by atoms with E-state index in [1.807, 2.05) is 19.1 Å². The summed E-state index contributed by atoms with van der Waals surface area (Å²) in [5.41, 5.74) is 1.87. The molecule has 0 fully saturated rings. The summed E-state index contributed by atoms with van der Waals surface area (Å²) in [6.07, 6.45) is 3.45. The van der Waals surface area contributed by atoms with Gasteiger partial charge in [0.1, 0.15) is 18.2 Å². The van der Waals surface area contributed by atoms with E-state index in [1.54, 1.807) is 18.5 Å². The van der Waals surface area contributed by atoms with E-state index in [1.165, 1.54) is 12.1 Å². The van der Waals surface area contributed by atoms with Crippen molar-refractivity contribution >= 4 is 0 Å². The second-order valence-electron chi connectivity index (χ2n) is 4.18. The van der Waals surface area contributed by atoms with Crippen molar-refractivity contribution in [2.24, 2.45) is 0 Å². The van der Waals surface area contributed by atoms with Gasteiger partial charge in [-0.2, -0.15) is 0 Å². The summed E-state index contributed by atoms with van der Waals surface area (Å²) in [4.78, 5) is 3.95. The van der Waals surface area contributed by atoms with Crippen LogP contribution in [0, 0.1) is 5.82 Å². The first-order chi connectivity index (χ1) is 9.29. The normalized spacial score (nSPS) is 10.4. The maximum Gasteiger partial charge on any atom is 0.124 e. The summed E-state index contributed by atoms with van der Waals surface area (Å²) < 4.78 is 19.0. The Bertz CT molecular complexity index is 517. The first-order valence-corrected chi connectivity index (χ1v) is 6.30. The predicted octanol–water partition coefficient (Wildman–Crippen LogP) is 2.91. The maximum atomic E-state index is 13.2. The van der Waals surface area contributed by atoms with Crippen LogP contribution in [0.2, 0.25) is 0 Å². The lowest BCUT2D eigenvalue weighted by Gasteiger charge is -2.12. The lowest BCUT2D eigenvalue weighted by Crippen LogP contribution is -2.13. The molecule has 100 valence electrons. The second-order valence-corrected chi connectivity index (χ2v) is 4.18. The van der Waals surface area contributed by atoms with Gasteiger partial charge >= 0.3 is 0 Å². The van der Waals surface area contributed by atoms with Gasteiger partial charge in [-0.1, -0.05) is 6.92 Å². The molecular weight excluding hydrogens is 243 g/mol. The largest absolute Gasteiger partial charge is 0.489 e. The van der Waals surface area contributed by atoms with Gasteiger partial charge in [0.25, 0.3) is 0 Å². The molecule has 0 saturated carbocycles.